The molecule has 0 aliphatic carbocycles. The average molecular weight is 332 g/mol. The molecular formula is C11H12N2O4S3. The maximum Gasteiger partial charge on any atom is 0.325 e. The van der Waals surface area contributed by atoms with E-state index in [-0.39, 0.29) is 15.3 Å². The molecule has 0 aliphatic rings. The van der Waals surface area contributed by atoms with E-state index in [1.165, 1.54) is 12.1 Å². The summed E-state index contributed by atoms with van der Waals surface area (Å²) in [6.45, 7) is 1.76. The van der Waals surface area contributed by atoms with Crippen LogP contribution in [0.2, 0.25) is 0 Å². The highest BCUT2D eigenvalue weighted by molar-refractivity contribution is 7.91. The Labute approximate surface area is 124 Å². The molecule has 0 spiro atoms. The van der Waals surface area contributed by atoms with Crippen molar-refractivity contribution < 1.29 is 13.3 Å². The lowest BCUT2D eigenvalue weighted by Gasteiger charge is -2.11. The number of hydrogen-bond donors (Lipinski definition) is 1. The molecule has 1 atom stereocenters. The maximum atomic E-state index is 12.1. The molecule has 0 saturated heterocycles. The zero-order valence-electron chi connectivity index (χ0n) is 10.5. The van der Waals surface area contributed by atoms with Gasteiger partial charge < -0.3 is 0 Å². The van der Waals surface area contributed by atoms with E-state index in [1.807, 2.05) is 17.5 Å². The zero-order valence-corrected chi connectivity index (χ0v) is 12.9. The number of nitrogens with one attached hydrogen (secondary N) is 1. The van der Waals surface area contributed by atoms with E-state index < -0.39 is 14.9 Å². The van der Waals surface area contributed by atoms with Gasteiger partial charge in [-0.25, -0.2) is 13.1 Å². The van der Waals surface area contributed by atoms with Crippen molar-refractivity contribution in [3.05, 3.63) is 44.6 Å². The topological polar surface area (TPSA) is 89.3 Å². The Morgan fingerprint density at radius 3 is 2.70 bits per heavy atom. The first kappa shape index (κ1) is 15.1. The summed E-state index contributed by atoms with van der Waals surface area (Å²) in [5, 5.41) is 12.3. The van der Waals surface area contributed by atoms with Crippen LogP contribution < -0.4 is 4.72 Å². The third-order valence-electron chi connectivity index (χ3n) is 2.46. The summed E-state index contributed by atoms with van der Waals surface area (Å²) >= 11 is 2.21. The monoisotopic (exact) mass is 332 g/mol. The Morgan fingerprint density at radius 1 is 1.40 bits per heavy atom. The molecule has 0 aromatic carbocycles. The second-order valence-electron chi connectivity index (χ2n) is 4.16. The smallest absolute Gasteiger partial charge is 0.258 e. The van der Waals surface area contributed by atoms with Gasteiger partial charge in [0.25, 0.3) is 10.0 Å². The Morgan fingerprint density at radius 2 is 2.15 bits per heavy atom. The summed E-state index contributed by atoms with van der Waals surface area (Å²) in [7, 11) is -3.71. The van der Waals surface area contributed by atoms with Crippen LogP contribution in [0.3, 0.4) is 0 Å². The molecule has 108 valence electrons. The van der Waals surface area contributed by atoms with Crippen LogP contribution in [-0.4, -0.2) is 19.4 Å². The van der Waals surface area contributed by atoms with Gasteiger partial charge >= 0.3 is 5.00 Å². The lowest BCUT2D eigenvalue weighted by atomic mass is 10.2. The van der Waals surface area contributed by atoms with Crippen LogP contribution in [0.25, 0.3) is 0 Å². The zero-order chi connectivity index (χ0) is 14.8. The van der Waals surface area contributed by atoms with E-state index in [0.717, 1.165) is 4.88 Å². The molecule has 0 aliphatic heterocycles. The number of sulfonamides is 1. The van der Waals surface area contributed by atoms with E-state index in [1.54, 1.807) is 18.3 Å². The first-order valence-corrected chi connectivity index (χ1v) is 8.85. The van der Waals surface area contributed by atoms with Crippen LogP contribution in [0.4, 0.5) is 5.00 Å². The van der Waals surface area contributed by atoms with E-state index >= 15 is 0 Å². The molecule has 2 rings (SSSR count). The lowest BCUT2D eigenvalue weighted by Crippen LogP contribution is -2.33. The van der Waals surface area contributed by atoms with Crippen LogP contribution in [0.15, 0.2) is 33.9 Å². The van der Waals surface area contributed by atoms with Gasteiger partial charge in [0.2, 0.25) is 0 Å². The molecule has 0 saturated carbocycles. The first-order valence-electron chi connectivity index (χ1n) is 5.67. The van der Waals surface area contributed by atoms with E-state index in [4.69, 9.17) is 0 Å². The molecule has 0 bridgehead atoms. The highest BCUT2D eigenvalue weighted by Crippen LogP contribution is 2.27. The number of thiophene rings is 2. The van der Waals surface area contributed by atoms with Crippen LogP contribution in [0.1, 0.15) is 11.8 Å². The molecule has 9 heteroatoms. The van der Waals surface area contributed by atoms with Crippen molar-refractivity contribution in [1.82, 2.24) is 4.72 Å². The summed E-state index contributed by atoms with van der Waals surface area (Å²) < 4.78 is 26.7. The first-order chi connectivity index (χ1) is 9.38. The quantitative estimate of drug-likeness (QED) is 0.650. The predicted molar refractivity (Wildman–Crippen MR) is 78.8 cm³/mol. The van der Waals surface area contributed by atoms with Crippen molar-refractivity contribution in [2.75, 3.05) is 0 Å². The van der Waals surface area contributed by atoms with Gasteiger partial charge in [-0.1, -0.05) is 6.07 Å². The second kappa shape index (κ2) is 6.00. The number of nitrogens with zero attached hydrogens (tertiary/aromatic N) is 1. The van der Waals surface area contributed by atoms with Gasteiger partial charge in [-0.2, -0.15) is 0 Å². The summed E-state index contributed by atoms with van der Waals surface area (Å²) in [6.07, 6.45) is 0.588. The van der Waals surface area contributed by atoms with Gasteiger partial charge in [0.05, 0.1) is 4.92 Å². The van der Waals surface area contributed by atoms with Gasteiger partial charge in [-0.3, -0.25) is 10.1 Å². The van der Waals surface area contributed by atoms with Gasteiger partial charge in [0.15, 0.2) is 0 Å². The van der Waals surface area contributed by atoms with E-state index in [9.17, 15) is 18.5 Å². The van der Waals surface area contributed by atoms with Crippen LogP contribution in [0.5, 0.6) is 0 Å². The predicted octanol–water partition coefficient (Wildman–Crippen LogP) is 2.63. The molecule has 2 aromatic heterocycles. The van der Waals surface area contributed by atoms with Gasteiger partial charge in [-0.15, -0.1) is 11.3 Å². The van der Waals surface area contributed by atoms with Crippen molar-refractivity contribution in [1.29, 1.82) is 0 Å². The van der Waals surface area contributed by atoms with Crippen molar-refractivity contribution >= 4 is 37.7 Å². The normalized spacial score (nSPS) is 13.2. The Kier molecular flexibility index (Phi) is 4.53. The third kappa shape index (κ3) is 3.63. The maximum absolute atomic E-state index is 12.1. The van der Waals surface area contributed by atoms with E-state index in [2.05, 4.69) is 4.72 Å². The molecular weight excluding hydrogens is 320 g/mol. The highest BCUT2D eigenvalue weighted by atomic mass is 32.2. The second-order valence-corrected chi connectivity index (χ2v) is 8.19. The largest absolute Gasteiger partial charge is 0.325 e. The Balaban J connectivity index is 2.08. The molecule has 2 heterocycles. The molecule has 6 nitrogen and oxygen atoms in total. The highest BCUT2D eigenvalue weighted by Gasteiger charge is 2.22. The fourth-order valence-corrected chi connectivity index (χ4v) is 4.85. The van der Waals surface area contributed by atoms with Crippen molar-refractivity contribution in [3.8, 4) is 0 Å². The summed E-state index contributed by atoms with van der Waals surface area (Å²) in [5.41, 5.74) is 0. The Bertz CT molecular complexity index is 691. The molecule has 0 radical (unpaired) electrons. The number of hydrogen-bond acceptors (Lipinski definition) is 6. The molecule has 0 fully saturated rings. The van der Waals surface area contributed by atoms with Crippen molar-refractivity contribution in [2.45, 2.75) is 23.6 Å². The van der Waals surface area contributed by atoms with Crippen LogP contribution >= 0.6 is 22.7 Å². The molecule has 1 unspecified atom stereocenters. The van der Waals surface area contributed by atoms with Gasteiger partial charge in [-0.05, 0) is 42.2 Å². The Hall–Kier alpha value is -1.29. The summed E-state index contributed by atoms with van der Waals surface area (Å²) in [6, 6.07) is 6.02. The summed E-state index contributed by atoms with van der Waals surface area (Å²) in [4.78, 5) is 11.1. The standard InChI is InChI=1S/C11H12N2O4S3/c1-8(7-9-3-2-6-18-9)12-20(16,17)11-5-4-10(19-11)13(14)15/h2-6,8,12H,7H2,1H3. The van der Waals surface area contributed by atoms with E-state index in [0.29, 0.717) is 17.8 Å². The van der Waals surface area contributed by atoms with Crippen LogP contribution in [0, 0.1) is 10.1 Å². The summed E-state index contributed by atoms with van der Waals surface area (Å²) in [5.74, 6) is 0. The van der Waals surface area contributed by atoms with Crippen LogP contribution in [-0.2, 0) is 16.4 Å². The molecule has 2 aromatic rings. The minimum Gasteiger partial charge on any atom is -0.258 e. The third-order valence-corrected chi connectivity index (χ3v) is 6.47. The van der Waals surface area contributed by atoms with Crippen molar-refractivity contribution in [2.24, 2.45) is 0 Å². The SMILES string of the molecule is CC(Cc1cccs1)NS(=O)(=O)c1ccc([N+](=O)[O-])s1. The number of nitro groups is 1. The minimum atomic E-state index is -3.71. The minimum absolute atomic E-state index is 0.0396. The lowest BCUT2D eigenvalue weighted by molar-refractivity contribution is -0.380. The van der Waals surface area contributed by atoms with Gasteiger partial charge in [0.1, 0.15) is 4.21 Å². The number of rotatable bonds is 6. The molecule has 20 heavy (non-hydrogen) atoms. The fourth-order valence-electron chi connectivity index (χ4n) is 1.65. The van der Waals surface area contributed by atoms with Gasteiger partial charge in [0, 0.05) is 17.0 Å². The van der Waals surface area contributed by atoms with Crippen molar-refractivity contribution in [3.63, 3.8) is 0 Å². The average Bonchev–Trinajstić information content (AvgIpc) is 2.97. The molecule has 0 amide bonds. The molecule has 1 N–H and O–H groups in total. The fraction of sp³-hybridized carbons (Fsp3) is 0.273.